The summed E-state index contributed by atoms with van der Waals surface area (Å²) in [7, 11) is 0. The number of aromatic carboxylic acids is 1. The number of carbonyl (C=O) groups is 1. The van der Waals surface area contributed by atoms with Crippen LogP contribution in [0.4, 0.5) is 0 Å². The number of benzene rings is 1. The maximum absolute atomic E-state index is 11.0. The van der Waals surface area contributed by atoms with Gasteiger partial charge in [-0.05, 0) is 30.5 Å². The monoisotopic (exact) mass is 208 g/mol. The number of ether oxygens (including phenoxy) is 1. The molecule has 0 spiro atoms. The van der Waals surface area contributed by atoms with Crippen molar-refractivity contribution >= 4 is 5.97 Å². The second-order valence-corrected chi connectivity index (χ2v) is 3.73. The Morgan fingerprint density at radius 3 is 2.93 bits per heavy atom. The fourth-order valence-corrected chi connectivity index (χ4v) is 1.86. The Labute approximate surface area is 87.1 Å². The molecule has 1 aromatic rings. The number of carboxylic acids is 1. The molecule has 0 aromatic heterocycles. The predicted molar refractivity (Wildman–Crippen MR) is 53.0 cm³/mol. The van der Waals surface area contributed by atoms with Crippen molar-refractivity contribution in [2.24, 2.45) is 0 Å². The van der Waals surface area contributed by atoms with Crippen LogP contribution in [-0.2, 0) is 17.8 Å². The van der Waals surface area contributed by atoms with Crippen molar-refractivity contribution < 1.29 is 19.7 Å². The largest absolute Gasteiger partial charge is 0.507 e. The number of phenols is 1. The number of carboxylic acid groups (broad SMARTS) is 1. The molecule has 0 radical (unpaired) electrons. The van der Waals surface area contributed by atoms with Gasteiger partial charge in [0.25, 0.3) is 0 Å². The standard InChI is InChI=1S/C11H12O4/c1-6-4-8-7(5-15-6)2-3-9(12)10(8)11(13)14/h2-3,6,12H,4-5H2,1H3,(H,13,14)/t6-/m0/s1. The molecule has 1 heterocycles. The summed E-state index contributed by atoms with van der Waals surface area (Å²) in [5.41, 5.74) is 1.56. The molecule has 4 nitrogen and oxygen atoms in total. The van der Waals surface area contributed by atoms with Crippen molar-refractivity contribution in [3.63, 3.8) is 0 Å². The van der Waals surface area contributed by atoms with E-state index in [0.717, 1.165) is 5.56 Å². The molecule has 0 fully saturated rings. The lowest BCUT2D eigenvalue weighted by Crippen LogP contribution is -2.21. The Kier molecular flexibility index (Phi) is 2.36. The molecule has 1 aliphatic rings. The number of aromatic hydroxyl groups is 1. The topological polar surface area (TPSA) is 66.8 Å². The maximum Gasteiger partial charge on any atom is 0.339 e. The van der Waals surface area contributed by atoms with E-state index in [0.29, 0.717) is 18.6 Å². The summed E-state index contributed by atoms with van der Waals surface area (Å²) >= 11 is 0. The van der Waals surface area contributed by atoms with E-state index in [-0.39, 0.29) is 17.4 Å². The number of hydrogen-bond donors (Lipinski definition) is 2. The van der Waals surface area contributed by atoms with Gasteiger partial charge in [0.1, 0.15) is 11.3 Å². The molecule has 4 heteroatoms. The summed E-state index contributed by atoms with van der Waals surface area (Å²) in [6.45, 7) is 2.30. The first-order valence-electron chi connectivity index (χ1n) is 4.78. The van der Waals surface area contributed by atoms with Crippen LogP contribution in [-0.4, -0.2) is 22.3 Å². The van der Waals surface area contributed by atoms with Crippen molar-refractivity contribution in [2.45, 2.75) is 26.1 Å². The van der Waals surface area contributed by atoms with E-state index < -0.39 is 5.97 Å². The Morgan fingerprint density at radius 1 is 1.53 bits per heavy atom. The highest BCUT2D eigenvalue weighted by Gasteiger charge is 2.24. The van der Waals surface area contributed by atoms with E-state index in [2.05, 4.69) is 0 Å². The van der Waals surface area contributed by atoms with Gasteiger partial charge in [-0.25, -0.2) is 4.79 Å². The van der Waals surface area contributed by atoms with Crippen molar-refractivity contribution in [2.75, 3.05) is 0 Å². The highest BCUT2D eigenvalue weighted by atomic mass is 16.5. The summed E-state index contributed by atoms with van der Waals surface area (Å²) in [5.74, 6) is -1.26. The van der Waals surface area contributed by atoms with E-state index in [1.807, 2.05) is 6.92 Å². The summed E-state index contributed by atoms with van der Waals surface area (Å²) in [6, 6.07) is 3.12. The van der Waals surface area contributed by atoms with Crippen molar-refractivity contribution in [3.05, 3.63) is 28.8 Å². The average Bonchev–Trinajstić information content (AvgIpc) is 2.16. The van der Waals surface area contributed by atoms with Crippen LogP contribution in [0.1, 0.15) is 28.4 Å². The van der Waals surface area contributed by atoms with Gasteiger partial charge in [-0.1, -0.05) is 6.07 Å². The van der Waals surface area contributed by atoms with E-state index in [9.17, 15) is 9.90 Å². The number of hydrogen-bond acceptors (Lipinski definition) is 3. The lowest BCUT2D eigenvalue weighted by atomic mass is 9.94. The van der Waals surface area contributed by atoms with Crippen molar-refractivity contribution in [1.29, 1.82) is 0 Å². The molecule has 0 amide bonds. The maximum atomic E-state index is 11.0. The van der Waals surface area contributed by atoms with E-state index in [4.69, 9.17) is 9.84 Å². The lowest BCUT2D eigenvalue weighted by Gasteiger charge is -2.24. The smallest absolute Gasteiger partial charge is 0.339 e. The lowest BCUT2D eigenvalue weighted by molar-refractivity contribution is 0.0401. The van der Waals surface area contributed by atoms with Crippen molar-refractivity contribution in [3.8, 4) is 5.75 Å². The van der Waals surface area contributed by atoms with Crippen LogP contribution in [0.2, 0.25) is 0 Å². The molecule has 15 heavy (non-hydrogen) atoms. The first-order valence-corrected chi connectivity index (χ1v) is 4.78. The van der Waals surface area contributed by atoms with Gasteiger partial charge < -0.3 is 14.9 Å². The quantitative estimate of drug-likeness (QED) is 0.734. The van der Waals surface area contributed by atoms with Gasteiger partial charge in [0, 0.05) is 0 Å². The van der Waals surface area contributed by atoms with Gasteiger partial charge in [-0.15, -0.1) is 0 Å². The minimum Gasteiger partial charge on any atom is -0.507 e. The van der Waals surface area contributed by atoms with Gasteiger partial charge >= 0.3 is 5.97 Å². The van der Waals surface area contributed by atoms with Crippen LogP contribution in [0.3, 0.4) is 0 Å². The zero-order chi connectivity index (χ0) is 11.0. The molecule has 1 aliphatic heterocycles. The van der Waals surface area contributed by atoms with Gasteiger partial charge in [0.15, 0.2) is 0 Å². The Morgan fingerprint density at radius 2 is 2.27 bits per heavy atom. The van der Waals surface area contributed by atoms with E-state index >= 15 is 0 Å². The van der Waals surface area contributed by atoms with Crippen LogP contribution < -0.4 is 0 Å². The van der Waals surface area contributed by atoms with Crippen molar-refractivity contribution in [1.82, 2.24) is 0 Å². The Bertz CT molecular complexity index is 411. The predicted octanol–water partition coefficient (Wildman–Crippen LogP) is 1.55. The van der Waals surface area contributed by atoms with E-state index in [1.165, 1.54) is 6.07 Å². The second kappa shape index (κ2) is 3.55. The Hall–Kier alpha value is -1.55. The van der Waals surface area contributed by atoms with Crippen LogP contribution in [0, 0.1) is 0 Å². The van der Waals surface area contributed by atoms with Crippen LogP contribution >= 0.6 is 0 Å². The van der Waals surface area contributed by atoms with Gasteiger partial charge in [-0.3, -0.25) is 0 Å². The van der Waals surface area contributed by atoms with Crippen LogP contribution in [0.25, 0.3) is 0 Å². The Balaban J connectivity index is 2.57. The van der Waals surface area contributed by atoms with Gasteiger partial charge in [0.2, 0.25) is 0 Å². The highest BCUT2D eigenvalue weighted by molar-refractivity contribution is 5.93. The molecule has 80 valence electrons. The average molecular weight is 208 g/mol. The molecule has 2 rings (SSSR count). The van der Waals surface area contributed by atoms with E-state index in [1.54, 1.807) is 6.07 Å². The van der Waals surface area contributed by atoms with Gasteiger partial charge in [0.05, 0.1) is 12.7 Å². The van der Waals surface area contributed by atoms with Crippen LogP contribution in [0.15, 0.2) is 12.1 Å². The molecule has 1 aromatic carbocycles. The normalized spacial score (nSPS) is 19.7. The number of fused-ring (bicyclic) bond motifs is 1. The molecule has 2 N–H and O–H groups in total. The first-order chi connectivity index (χ1) is 7.09. The molecule has 0 saturated carbocycles. The fourth-order valence-electron chi connectivity index (χ4n) is 1.86. The molecule has 0 aliphatic carbocycles. The zero-order valence-corrected chi connectivity index (χ0v) is 8.36. The molecular weight excluding hydrogens is 196 g/mol. The molecule has 0 saturated heterocycles. The third-order valence-electron chi connectivity index (χ3n) is 2.62. The minimum atomic E-state index is -1.08. The minimum absolute atomic E-state index is 0.00241. The van der Waals surface area contributed by atoms with Gasteiger partial charge in [-0.2, -0.15) is 0 Å². The second-order valence-electron chi connectivity index (χ2n) is 3.73. The third kappa shape index (κ3) is 1.68. The summed E-state index contributed by atoms with van der Waals surface area (Å²) in [5, 5.41) is 18.5. The molecule has 1 atom stereocenters. The molecular formula is C11H12O4. The highest BCUT2D eigenvalue weighted by Crippen LogP contribution is 2.29. The summed E-state index contributed by atoms with van der Waals surface area (Å²) < 4.78 is 5.40. The van der Waals surface area contributed by atoms with Crippen LogP contribution in [0.5, 0.6) is 5.75 Å². The first kappa shape index (κ1) is 9.98. The molecule has 0 bridgehead atoms. The third-order valence-corrected chi connectivity index (χ3v) is 2.62. The summed E-state index contributed by atoms with van der Waals surface area (Å²) in [4.78, 5) is 11.0. The number of rotatable bonds is 1. The fraction of sp³-hybridized carbons (Fsp3) is 0.364. The summed E-state index contributed by atoms with van der Waals surface area (Å²) in [6.07, 6.45) is 0.531. The molecule has 0 unspecified atom stereocenters. The SMILES string of the molecule is C[C@H]1Cc2c(ccc(O)c2C(=O)O)CO1. The zero-order valence-electron chi connectivity index (χ0n) is 8.36.